The van der Waals surface area contributed by atoms with Crippen molar-refractivity contribution in [2.24, 2.45) is 5.92 Å². The van der Waals surface area contributed by atoms with Gasteiger partial charge < -0.3 is 5.11 Å². The Morgan fingerprint density at radius 1 is 1.12 bits per heavy atom. The first-order chi connectivity index (χ1) is 7.83. The lowest BCUT2D eigenvalue weighted by molar-refractivity contribution is 0.182. The first-order valence-electron chi connectivity index (χ1n) is 5.94. The third-order valence-corrected chi connectivity index (χ3v) is 3.62. The molecular weight excluding hydrogens is 198 g/mol. The van der Waals surface area contributed by atoms with Crippen molar-refractivity contribution in [3.05, 3.63) is 35.4 Å². The Kier molecular flexibility index (Phi) is 3.58. The molecule has 0 aliphatic heterocycles. The van der Waals surface area contributed by atoms with E-state index in [1.54, 1.807) is 0 Å². The van der Waals surface area contributed by atoms with Crippen molar-refractivity contribution >= 4 is 0 Å². The Morgan fingerprint density at radius 3 is 2.25 bits per heavy atom. The summed E-state index contributed by atoms with van der Waals surface area (Å²) >= 11 is 0. The largest absolute Gasteiger partial charge is 0.396 e. The second kappa shape index (κ2) is 5.14. The summed E-state index contributed by atoms with van der Waals surface area (Å²) in [6, 6.07) is 10.1. The molecule has 0 aromatic heterocycles. The summed E-state index contributed by atoms with van der Waals surface area (Å²) in [6.07, 6.45) is 4.58. The molecule has 1 fully saturated rings. The van der Waals surface area contributed by atoms with Crippen LogP contribution in [0.1, 0.15) is 42.7 Å². The summed E-state index contributed by atoms with van der Waals surface area (Å²) in [6.45, 7) is 0.333. The Hall–Kier alpha value is -1.33. The number of hydrogen-bond donors (Lipinski definition) is 1. The van der Waals surface area contributed by atoms with Gasteiger partial charge in [0.15, 0.2) is 0 Å². The maximum absolute atomic E-state index is 9.08. The van der Waals surface area contributed by atoms with Crippen LogP contribution in [0.15, 0.2) is 24.3 Å². The third-order valence-electron chi connectivity index (χ3n) is 3.62. The van der Waals surface area contributed by atoms with Gasteiger partial charge in [0.2, 0.25) is 0 Å². The van der Waals surface area contributed by atoms with Gasteiger partial charge in [-0.25, -0.2) is 0 Å². The van der Waals surface area contributed by atoms with Crippen LogP contribution in [0.5, 0.6) is 0 Å². The molecule has 0 bridgehead atoms. The van der Waals surface area contributed by atoms with Crippen LogP contribution in [0.3, 0.4) is 0 Å². The van der Waals surface area contributed by atoms with E-state index in [1.165, 1.54) is 5.56 Å². The molecule has 0 unspecified atom stereocenters. The summed E-state index contributed by atoms with van der Waals surface area (Å²) < 4.78 is 0. The topological polar surface area (TPSA) is 44.0 Å². The molecule has 1 aromatic rings. The predicted molar refractivity (Wildman–Crippen MR) is 62.9 cm³/mol. The van der Waals surface area contributed by atoms with E-state index in [0.717, 1.165) is 31.2 Å². The molecule has 1 N–H and O–H groups in total. The highest BCUT2D eigenvalue weighted by Crippen LogP contribution is 2.35. The smallest absolute Gasteiger partial charge is 0.0991 e. The molecule has 0 saturated heterocycles. The van der Waals surface area contributed by atoms with Gasteiger partial charge in [-0.2, -0.15) is 5.26 Å². The lowest BCUT2D eigenvalue weighted by Gasteiger charge is -2.27. The monoisotopic (exact) mass is 215 g/mol. The number of rotatable bonds is 2. The van der Waals surface area contributed by atoms with Crippen molar-refractivity contribution in [2.45, 2.75) is 31.6 Å². The van der Waals surface area contributed by atoms with E-state index in [2.05, 4.69) is 18.2 Å². The average Bonchev–Trinajstić information content (AvgIpc) is 2.39. The van der Waals surface area contributed by atoms with E-state index in [1.807, 2.05) is 12.1 Å². The van der Waals surface area contributed by atoms with Crippen LogP contribution in [0.2, 0.25) is 0 Å². The SMILES string of the molecule is N#Cc1ccc(C2CCC(CO)CC2)cc1. The minimum Gasteiger partial charge on any atom is -0.396 e. The van der Waals surface area contributed by atoms with Gasteiger partial charge in [0.25, 0.3) is 0 Å². The molecule has 2 nitrogen and oxygen atoms in total. The quantitative estimate of drug-likeness (QED) is 0.824. The van der Waals surface area contributed by atoms with Gasteiger partial charge in [0.1, 0.15) is 0 Å². The maximum atomic E-state index is 9.08. The second-order valence-electron chi connectivity index (χ2n) is 4.63. The molecule has 1 saturated carbocycles. The molecule has 1 aliphatic carbocycles. The van der Waals surface area contributed by atoms with Crippen molar-refractivity contribution < 1.29 is 5.11 Å². The zero-order valence-electron chi connectivity index (χ0n) is 9.39. The standard InChI is InChI=1S/C14H17NO/c15-9-11-1-5-13(6-2-11)14-7-3-12(10-16)4-8-14/h1-2,5-6,12,14,16H,3-4,7-8,10H2. The minimum atomic E-state index is 0.333. The second-order valence-corrected chi connectivity index (χ2v) is 4.63. The molecule has 2 rings (SSSR count). The van der Waals surface area contributed by atoms with Crippen LogP contribution >= 0.6 is 0 Å². The van der Waals surface area contributed by atoms with Crippen LogP contribution < -0.4 is 0 Å². The number of nitrogens with zero attached hydrogens (tertiary/aromatic N) is 1. The van der Waals surface area contributed by atoms with E-state index in [0.29, 0.717) is 18.4 Å². The number of nitriles is 1. The Labute approximate surface area is 96.5 Å². The fourth-order valence-corrected chi connectivity index (χ4v) is 2.51. The minimum absolute atomic E-state index is 0.333. The van der Waals surface area contributed by atoms with Crippen LogP contribution in [0.25, 0.3) is 0 Å². The highest BCUT2D eigenvalue weighted by molar-refractivity contribution is 5.33. The molecule has 1 aliphatic rings. The average molecular weight is 215 g/mol. The summed E-state index contributed by atoms with van der Waals surface area (Å²) in [7, 11) is 0. The highest BCUT2D eigenvalue weighted by atomic mass is 16.3. The van der Waals surface area contributed by atoms with Crippen molar-refractivity contribution in [3.8, 4) is 6.07 Å². The molecule has 0 amide bonds. The third kappa shape index (κ3) is 2.43. The van der Waals surface area contributed by atoms with Crippen molar-refractivity contribution in [2.75, 3.05) is 6.61 Å². The Morgan fingerprint density at radius 2 is 1.75 bits per heavy atom. The molecule has 2 heteroatoms. The lowest BCUT2D eigenvalue weighted by Crippen LogP contribution is -2.16. The first-order valence-corrected chi connectivity index (χ1v) is 5.94. The van der Waals surface area contributed by atoms with Crippen LogP contribution in [-0.2, 0) is 0 Å². The lowest BCUT2D eigenvalue weighted by atomic mass is 9.79. The zero-order chi connectivity index (χ0) is 11.4. The predicted octanol–water partition coefficient (Wildman–Crippen LogP) is 2.82. The number of aliphatic hydroxyl groups is 1. The fraction of sp³-hybridized carbons (Fsp3) is 0.500. The first kappa shape index (κ1) is 11.2. The number of aliphatic hydroxyl groups excluding tert-OH is 1. The van der Waals surface area contributed by atoms with Gasteiger partial charge in [-0.15, -0.1) is 0 Å². The highest BCUT2D eigenvalue weighted by Gasteiger charge is 2.21. The summed E-state index contributed by atoms with van der Waals surface area (Å²) in [5, 5.41) is 17.8. The number of benzene rings is 1. The van der Waals surface area contributed by atoms with Crippen LogP contribution in [0, 0.1) is 17.2 Å². The molecular formula is C14H17NO. The van der Waals surface area contributed by atoms with E-state index in [4.69, 9.17) is 10.4 Å². The maximum Gasteiger partial charge on any atom is 0.0991 e. The van der Waals surface area contributed by atoms with E-state index < -0.39 is 0 Å². The van der Waals surface area contributed by atoms with E-state index >= 15 is 0 Å². The molecule has 84 valence electrons. The normalized spacial score (nSPS) is 25.0. The van der Waals surface area contributed by atoms with Gasteiger partial charge in [-0.05, 0) is 55.2 Å². The van der Waals surface area contributed by atoms with E-state index in [9.17, 15) is 0 Å². The Balaban J connectivity index is 2.00. The van der Waals surface area contributed by atoms with Crippen LogP contribution in [0.4, 0.5) is 0 Å². The van der Waals surface area contributed by atoms with Gasteiger partial charge in [-0.1, -0.05) is 12.1 Å². The molecule has 0 spiro atoms. The van der Waals surface area contributed by atoms with Gasteiger partial charge in [0, 0.05) is 6.61 Å². The summed E-state index contributed by atoms with van der Waals surface area (Å²) in [5.74, 6) is 1.13. The van der Waals surface area contributed by atoms with Crippen molar-refractivity contribution in [1.29, 1.82) is 5.26 Å². The molecule has 0 heterocycles. The van der Waals surface area contributed by atoms with E-state index in [-0.39, 0.29) is 0 Å². The van der Waals surface area contributed by atoms with Crippen molar-refractivity contribution in [3.63, 3.8) is 0 Å². The zero-order valence-corrected chi connectivity index (χ0v) is 9.39. The van der Waals surface area contributed by atoms with Gasteiger partial charge in [0.05, 0.1) is 11.6 Å². The molecule has 16 heavy (non-hydrogen) atoms. The molecule has 1 aromatic carbocycles. The Bertz CT molecular complexity index is 369. The summed E-state index contributed by atoms with van der Waals surface area (Å²) in [4.78, 5) is 0. The van der Waals surface area contributed by atoms with Gasteiger partial charge in [-0.3, -0.25) is 0 Å². The van der Waals surface area contributed by atoms with Crippen LogP contribution in [-0.4, -0.2) is 11.7 Å². The molecule has 0 radical (unpaired) electrons. The van der Waals surface area contributed by atoms with Gasteiger partial charge >= 0.3 is 0 Å². The van der Waals surface area contributed by atoms with Crippen molar-refractivity contribution in [1.82, 2.24) is 0 Å². The number of hydrogen-bond acceptors (Lipinski definition) is 2. The summed E-state index contributed by atoms with van der Waals surface area (Å²) in [5.41, 5.74) is 2.07. The fourth-order valence-electron chi connectivity index (χ4n) is 2.51. The molecule has 0 atom stereocenters.